The molecule has 74 valence electrons. The first-order chi connectivity index (χ1) is 5.99. The second kappa shape index (κ2) is 3.52. The zero-order valence-corrected chi connectivity index (χ0v) is 9.39. The Kier molecular flexibility index (Phi) is 2.79. The van der Waals surface area contributed by atoms with E-state index in [1.807, 2.05) is 0 Å². The highest BCUT2D eigenvalue weighted by atomic mass is 15.3. The molecule has 1 heterocycles. The molecule has 1 rings (SSSR count). The molecule has 1 aromatic heterocycles. The van der Waals surface area contributed by atoms with Gasteiger partial charge in [0.05, 0.1) is 5.69 Å². The molecule has 0 radical (unpaired) electrons. The minimum Gasteiger partial charge on any atom is -0.270 e. The third-order valence-corrected chi connectivity index (χ3v) is 2.29. The van der Waals surface area contributed by atoms with E-state index in [2.05, 4.69) is 50.5 Å². The van der Waals surface area contributed by atoms with Crippen molar-refractivity contribution in [2.45, 2.75) is 53.0 Å². The van der Waals surface area contributed by atoms with Gasteiger partial charge in [0.2, 0.25) is 0 Å². The Morgan fingerprint density at radius 1 is 1.31 bits per heavy atom. The highest BCUT2D eigenvalue weighted by molar-refractivity contribution is 5.17. The van der Waals surface area contributed by atoms with Crippen LogP contribution in [0.25, 0.3) is 0 Å². The van der Waals surface area contributed by atoms with E-state index in [9.17, 15) is 0 Å². The van der Waals surface area contributed by atoms with Crippen molar-refractivity contribution in [1.82, 2.24) is 9.78 Å². The lowest BCUT2D eigenvalue weighted by Gasteiger charge is -2.14. The first-order valence-corrected chi connectivity index (χ1v) is 5.06. The van der Waals surface area contributed by atoms with Gasteiger partial charge in [-0.3, -0.25) is 4.68 Å². The van der Waals surface area contributed by atoms with Gasteiger partial charge in [-0.15, -0.1) is 0 Å². The molecule has 0 saturated carbocycles. The number of hydrogen-bond donors (Lipinski definition) is 0. The second-order valence-electron chi connectivity index (χ2n) is 4.44. The van der Waals surface area contributed by atoms with E-state index < -0.39 is 0 Å². The Morgan fingerprint density at radius 2 is 1.92 bits per heavy atom. The Balaban J connectivity index is 3.07. The van der Waals surface area contributed by atoms with Gasteiger partial charge in [0.1, 0.15) is 0 Å². The first-order valence-electron chi connectivity index (χ1n) is 5.06. The quantitative estimate of drug-likeness (QED) is 0.684. The molecule has 0 spiro atoms. The van der Waals surface area contributed by atoms with E-state index in [0.29, 0.717) is 0 Å². The summed E-state index contributed by atoms with van der Waals surface area (Å²) < 4.78 is 2.10. The minimum atomic E-state index is 0.171. The summed E-state index contributed by atoms with van der Waals surface area (Å²) in [5.74, 6) is 0. The van der Waals surface area contributed by atoms with E-state index in [1.165, 1.54) is 11.4 Å². The van der Waals surface area contributed by atoms with E-state index in [1.54, 1.807) is 0 Å². The molecule has 2 nitrogen and oxygen atoms in total. The van der Waals surface area contributed by atoms with Crippen LogP contribution in [0.4, 0.5) is 0 Å². The van der Waals surface area contributed by atoms with Crippen LogP contribution in [-0.2, 0) is 18.4 Å². The molecule has 2 heteroatoms. The highest BCUT2D eigenvalue weighted by Crippen LogP contribution is 2.21. The summed E-state index contributed by atoms with van der Waals surface area (Å²) in [7, 11) is 0. The summed E-state index contributed by atoms with van der Waals surface area (Å²) in [5.41, 5.74) is 2.71. The van der Waals surface area contributed by atoms with Crippen LogP contribution < -0.4 is 0 Å². The summed E-state index contributed by atoms with van der Waals surface area (Å²) in [4.78, 5) is 0. The molecule has 0 N–H and O–H groups in total. The smallest absolute Gasteiger partial charge is 0.0680 e. The molecule has 0 bridgehead atoms. The van der Waals surface area contributed by atoms with Crippen LogP contribution in [0, 0.1) is 0 Å². The van der Waals surface area contributed by atoms with Gasteiger partial charge in [0.25, 0.3) is 0 Å². The van der Waals surface area contributed by atoms with Gasteiger partial charge in [-0.25, -0.2) is 0 Å². The first kappa shape index (κ1) is 10.3. The number of rotatable bonds is 2. The van der Waals surface area contributed by atoms with Crippen molar-refractivity contribution in [1.29, 1.82) is 0 Å². The number of hydrogen-bond acceptors (Lipinski definition) is 1. The minimum absolute atomic E-state index is 0.171. The lowest BCUT2D eigenvalue weighted by atomic mass is 9.92. The van der Waals surface area contributed by atoms with Crippen LogP contribution in [0.2, 0.25) is 0 Å². The van der Waals surface area contributed by atoms with Gasteiger partial charge in [0.15, 0.2) is 0 Å². The van der Waals surface area contributed by atoms with Gasteiger partial charge in [-0.2, -0.15) is 5.10 Å². The van der Waals surface area contributed by atoms with E-state index in [4.69, 9.17) is 0 Å². The molecule has 0 aromatic carbocycles. The van der Waals surface area contributed by atoms with Crippen LogP contribution in [-0.4, -0.2) is 9.78 Å². The normalized spacial score (nSPS) is 12.1. The van der Waals surface area contributed by atoms with Crippen molar-refractivity contribution in [3.8, 4) is 0 Å². The Morgan fingerprint density at radius 3 is 2.23 bits per heavy atom. The van der Waals surface area contributed by atoms with Gasteiger partial charge >= 0.3 is 0 Å². The molecular weight excluding hydrogens is 160 g/mol. The number of aryl methyl sites for hydroxylation is 2. The lowest BCUT2D eigenvalue weighted by molar-refractivity contribution is 0.536. The maximum absolute atomic E-state index is 4.59. The largest absolute Gasteiger partial charge is 0.270 e. The SMILES string of the molecule is CCc1cc(C(C)(C)C)nn1CC. The Hall–Kier alpha value is -0.790. The molecule has 0 atom stereocenters. The summed E-state index contributed by atoms with van der Waals surface area (Å²) in [6, 6.07) is 2.23. The van der Waals surface area contributed by atoms with Gasteiger partial charge in [-0.05, 0) is 19.4 Å². The van der Waals surface area contributed by atoms with Crippen LogP contribution in [0.3, 0.4) is 0 Å². The summed E-state index contributed by atoms with van der Waals surface area (Å²) >= 11 is 0. The van der Waals surface area contributed by atoms with E-state index in [-0.39, 0.29) is 5.41 Å². The standard InChI is InChI=1S/C11H20N2/c1-6-9-8-10(11(3,4)5)12-13(9)7-2/h8H,6-7H2,1-5H3. The third-order valence-electron chi connectivity index (χ3n) is 2.29. The fourth-order valence-corrected chi connectivity index (χ4v) is 1.38. The van der Waals surface area contributed by atoms with Crippen molar-refractivity contribution in [3.05, 3.63) is 17.5 Å². The monoisotopic (exact) mass is 180 g/mol. The lowest BCUT2D eigenvalue weighted by Crippen LogP contribution is -2.12. The fraction of sp³-hybridized carbons (Fsp3) is 0.727. The van der Waals surface area contributed by atoms with E-state index >= 15 is 0 Å². The summed E-state index contributed by atoms with van der Waals surface area (Å²) in [6.07, 6.45) is 1.07. The molecule has 0 unspecified atom stereocenters. The third kappa shape index (κ3) is 2.11. The number of nitrogens with zero attached hydrogens (tertiary/aromatic N) is 2. The van der Waals surface area contributed by atoms with Gasteiger partial charge in [0, 0.05) is 17.7 Å². The Labute approximate surface area is 81.0 Å². The molecule has 0 amide bonds. The van der Waals surface area contributed by atoms with Crippen molar-refractivity contribution in [2.24, 2.45) is 0 Å². The summed E-state index contributed by atoms with van der Waals surface area (Å²) in [6.45, 7) is 11.9. The topological polar surface area (TPSA) is 17.8 Å². The van der Waals surface area contributed by atoms with Crippen molar-refractivity contribution in [2.75, 3.05) is 0 Å². The molecule has 0 aliphatic carbocycles. The second-order valence-corrected chi connectivity index (χ2v) is 4.44. The van der Waals surface area contributed by atoms with Crippen molar-refractivity contribution >= 4 is 0 Å². The maximum atomic E-state index is 4.59. The van der Waals surface area contributed by atoms with Crippen LogP contribution >= 0.6 is 0 Å². The molecule has 0 saturated heterocycles. The average Bonchev–Trinajstić information content (AvgIpc) is 2.45. The zero-order chi connectivity index (χ0) is 10.1. The van der Waals surface area contributed by atoms with Gasteiger partial charge < -0.3 is 0 Å². The van der Waals surface area contributed by atoms with E-state index in [0.717, 1.165) is 13.0 Å². The summed E-state index contributed by atoms with van der Waals surface area (Å²) in [5, 5.41) is 4.59. The van der Waals surface area contributed by atoms with Crippen LogP contribution in [0.1, 0.15) is 46.0 Å². The van der Waals surface area contributed by atoms with Crippen molar-refractivity contribution < 1.29 is 0 Å². The van der Waals surface area contributed by atoms with Crippen molar-refractivity contribution in [3.63, 3.8) is 0 Å². The average molecular weight is 180 g/mol. The molecule has 0 aliphatic heterocycles. The highest BCUT2D eigenvalue weighted by Gasteiger charge is 2.18. The molecule has 0 aliphatic rings. The molecular formula is C11H20N2. The maximum Gasteiger partial charge on any atom is 0.0680 e. The fourth-order valence-electron chi connectivity index (χ4n) is 1.38. The predicted octanol–water partition coefficient (Wildman–Crippen LogP) is 2.76. The van der Waals surface area contributed by atoms with Crippen LogP contribution in [0.15, 0.2) is 6.07 Å². The van der Waals surface area contributed by atoms with Crippen LogP contribution in [0.5, 0.6) is 0 Å². The molecule has 1 aromatic rings. The zero-order valence-electron chi connectivity index (χ0n) is 9.39. The number of aromatic nitrogens is 2. The Bertz CT molecular complexity index is 257. The molecule has 13 heavy (non-hydrogen) atoms. The molecule has 0 fully saturated rings. The van der Waals surface area contributed by atoms with Gasteiger partial charge in [-0.1, -0.05) is 27.7 Å². The predicted molar refractivity (Wildman–Crippen MR) is 56.0 cm³/mol.